The number of halogens is 1. The third-order valence-corrected chi connectivity index (χ3v) is 5.05. The Balaban J connectivity index is 1.49. The molecule has 0 saturated carbocycles. The summed E-state index contributed by atoms with van der Waals surface area (Å²) in [5.74, 6) is -0.957. The maximum absolute atomic E-state index is 13.2. The minimum atomic E-state index is -0.526. The zero-order chi connectivity index (χ0) is 21.5. The molecule has 0 spiro atoms. The Kier molecular flexibility index (Phi) is 7.37. The third kappa shape index (κ3) is 6.01. The summed E-state index contributed by atoms with van der Waals surface area (Å²) in [6.45, 7) is 4.87. The smallest absolute Gasteiger partial charge is 0.241 e. The van der Waals surface area contributed by atoms with Crippen molar-refractivity contribution in [1.82, 2.24) is 4.90 Å². The second kappa shape index (κ2) is 10.2. The number of nitrogens with zero attached hydrogens (tertiary/aromatic N) is 2. The number of benzene rings is 2. The Hall–Kier alpha value is -2.97. The van der Waals surface area contributed by atoms with Gasteiger partial charge in [-0.1, -0.05) is 6.07 Å². The van der Waals surface area contributed by atoms with E-state index in [0.717, 1.165) is 32.0 Å². The molecule has 2 amide bonds. The first-order chi connectivity index (χ1) is 14.4. The van der Waals surface area contributed by atoms with Gasteiger partial charge in [-0.25, -0.2) is 4.39 Å². The van der Waals surface area contributed by atoms with E-state index in [9.17, 15) is 14.0 Å². The first-order valence-corrected chi connectivity index (χ1v) is 9.91. The zero-order valence-corrected chi connectivity index (χ0v) is 17.2. The van der Waals surface area contributed by atoms with Gasteiger partial charge in [0, 0.05) is 30.2 Å². The largest absolute Gasteiger partial charge is 0.378 e. The molecule has 0 aliphatic carbocycles. The molecular weight excluding hydrogens is 387 g/mol. The van der Waals surface area contributed by atoms with Gasteiger partial charge in [-0.3, -0.25) is 14.5 Å². The van der Waals surface area contributed by atoms with Crippen LogP contribution in [0.25, 0.3) is 0 Å². The average Bonchev–Trinajstić information content (AvgIpc) is 2.74. The number of rotatable bonds is 7. The van der Waals surface area contributed by atoms with E-state index in [1.54, 1.807) is 24.9 Å². The van der Waals surface area contributed by atoms with Crippen LogP contribution in [-0.4, -0.2) is 62.7 Å². The lowest BCUT2D eigenvalue weighted by Gasteiger charge is -2.29. The summed E-state index contributed by atoms with van der Waals surface area (Å²) in [7, 11) is 1.69. The van der Waals surface area contributed by atoms with Crippen LogP contribution in [0.1, 0.15) is 6.92 Å². The molecule has 0 radical (unpaired) electrons. The summed E-state index contributed by atoms with van der Waals surface area (Å²) in [5.41, 5.74) is 2.17. The molecule has 2 aromatic rings. The Morgan fingerprint density at radius 1 is 1.10 bits per heavy atom. The molecule has 1 aliphatic heterocycles. The standard InChI is InChI=1S/C22H27FN4O3/c1-16(26(2)15-21(28)24-19-5-3-4-17(23)14-19)22(29)25-18-6-8-20(9-7-18)27-10-12-30-13-11-27/h3-9,14,16H,10-13,15H2,1-2H3,(H,24,28)(H,25,29)/t16-/m0/s1. The van der Waals surface area contributed by atoms with E-state index in [4.69, 9.17) is 4.74 Å². The van der Waals surface area contributed by atoms with Crippen LogP contribution in [-0.2, 0) is 14.3 Å². The number of nitrogens with one attached hydrogen (secondary N) is 2. The predicted molar refractivity (Wildman–Crippen MR) is 115 cm³/mol. The number of hydrogen-bond donors (Lipinski definition) is 2. The lowest BCUT2D eigenvalue weighted by molar-refractivity contribution is -0.122. The summed E-state index contributed by atoms with van der Waals surface area (Å²) in [6, 6.07) is 12.8. The van der Waals surface area contributed by atoms with Gasteiger partial charge in [-0.05, 0) is 56.4 Å². The molecule has 30 heavy (non-hydrogen) atoms. The van der Waals surface area contributed by atoms with E-state index >= 15 is 0 Å². The number of morpholine rings is 1. The van der Waals surface area contributed by atoms with E-state index < -0.39 is 11.9 Å². The highest BCUT2D eigenvalue weighted by Crippen LogP contribution is 2.19. The number of carbonyl (C=O) groups is 2. The summed E-state index contributed by atoms with van der Waals surface area (Å²) in [5, 5.41) is 5.51. The Labute approximate surface area is 175 Å². The molecule has 3 rings (SSSR count). The van der Waals surface area contributed by atoms with Gasteiger partial charge in [-0.15, -0.1) is 0 Å². The molecule has 2 N–H and O–H groups in total. The van der Waals surface area contributed by atoms with Crippen LogP contribution < -0.4 is 15.5 Å². The van der Waals surface area contributed by atoms with Crippen LogP contribution in [0.3, 0.4) is 0 Å². The van der Waals surface area contributed by atoms with Crippen molar-refractivity contribution >= 4 is 28.9 Å². The molecule has 1 saturated heterocycles. The number of hydrogen-bond acceptors (Lipinski definition) is 5. The maximum Gasteiger partial charge on any atom is 0.241 e. The molecule has 0 bridgehead atoms. The fourth-order valence-electron chi connectivity index (χ4n) is 3.15. The normalized spacial score (nSPS) is 15.0. The second-order valence-electron chi connectivity index (χ2n) is 7.29. The van der Waals surface area contributed by atoms with Crippen molar-refractivity contribution in [2.75, 3.05) is 55.4 Å². The first kappa shape index (κ1) is 21.7. The van der Waals surface area contributed by atoms with Gasteiger partial charge >= 0.3 is 0 Å². The molecule has 1 heterocycles. The first-order valence-electron chi connectivity index (χ1n) is 9.91. The van der Waals surface area contributed by atoms with Crippen LogP contribution in [0.2, 0.25) is 0 Å². The second-order valence-corrected chi connectivity index (χ2v) is 7.29. The molecular formula is C22H27FN4O3. The zero-order valence-electron chi connectivity index (χ0n) is 17.2. The van der Waals surface area contributed by atoms with Gasteiger partial charge in [0.05, 0.1) is 25.8 Å². The summed E-state index contributed by atoms with van der Waals surface area (Å²) in [6.07, 6.45) is 0. The highest BCUT2D eigenvalue weighted by atomic mass is 19.1. The van der Waals surface area contributed by atoms with Crippen LogP contribution >= 0.6 is 0 Å². The highest BCUT2D eigenvalue weighted by molar-refractivity contribution is 5.96. The predicted octanol–water partition coefficient (Wildman–Crippen LogP) is 2.56. The van der Waals surface area contributed by atoms with E-state index in [0.29, 0.717) is 11.4 Å². The van der Waals surface area contributed by atoms with Crippen molar-refractivity contribution in [3.8, 4) is 0 Å². The number of carbonyl (C=O) groups excluding carboxylic acids is 2. The SMILES string of the molecule is C[C@@H](C(=O)Nc1ccc(N2CCOCC2)cc1)N(C)CC(=O)Nc1cccc(F)c1. The van der Waals surface area contributed by atoms with Crippen molar-refractivity contribution in [1.29, 1.82) is 0 Å². The van der Waals surface area contributed by atoms with Crippen LogP contribution in [0.15, 0.2) is 48.5 Å². The molecule has 0 aromatic heterocycles. The van der Waals surface area contributed by atoms with Crippen LogP contribution in [0.4, 0.5) is 21.5 Å². The molecule has 1 fully saturated rings. The van der Waals surface area contributed by atoms with Gasteiger partial charge in [0.2, 0.25) is 11.8 Å². The summed E-state index contributed by atoms with van der Waals surface area (Å²) < 4.78 is 18.6. The highest BCUT2D eigenvalue weighted by Gasteiger charge is 2.20. The maximum atomic E-state index is 13.2. The Morgan fingerprint density at radius 2 is 1.80 bits per heavy atom. The molecule has 2 aromatic carbocycles. The van der Waals surface area contributed by atoms with Gasteiger partial charge in [0.25, 0.3) is 0 Å². The minimum absolute atomic E-state index is 0.00106. The quantitative estimate of drug-likeness (QED) is 0.729. The van der Waals surface area contributed by atoms with Crippen molar-refractivity contribution in [3.63, 3.8) is 0 Å². The Morgan fingerprint density at radius 3 is 2.47 bits per heavy atom. The molecule has 160 valence electrons. The summed E-state index contributed by atoms with van der Waals surface area (Å²) >= 11 is 0. The molecule has 0 unspecified atom stereocenters. The molecule has 7 nitrogen and oxygen atoms in total. The fraction of sp³-hybridized carbons (Fsp3) is 0.364. The van der Waals surface area contributed by atoms with E-state index in [1.165, 1.54) is 18.2 Å². The van der Waals surface area contributed by atoms with Crippen molar-refractivity contribution in [3.05, 3.63) is 54.3 Å². The molecule has 8 heteroatoms. The Bertz CT molecular complexity index is 869. The minimum Gasteiger partial charge on any atom is -0.378 e. The van der Waals surface area contributed by atoms with Crippen molar-refractivity contribution in [2.24, 2.45) is 0 Å². The van der Waals surface area contributed by atoms with Gasteiger partial charge < -0.3 is 20.3 Å². The monoisotopic (exact) mass is 414 g/mol. The number of ether oxygens (including phenoxy) is 1. The third-order valence-electron chi connectivity index (χ3n) is 5.05. The van der Waals surface area contributed by atoms with Crippen molar-refractivity contribution < 1.29 is 18.7 Å². The lowest BCUT2D eigenvalue weighted by Crippen LogP contribution is -2.43. The molecule has 1 aliphatic rings. The topological polar surface area (TPSA) is 73.9 Å². The molecule has 1 atom stereocenters. The van der Waals surface area contributed by atoms with E-state index in [2.05, 4.69) is 15.5 Å². The van der Waals surface area contributed by atoms with Gasteiger partial charge in [0.1, 0.15) is 5.82 Å². The average molecular weight is 414 g/mol. The van der Waals surface area contributed by atoms with Crippen LogP contribution in [0.5, 0.6) is 0 Å². The summed E-state index contributed by atoms with van der Waals surface area (Å²) in [4.78, 5) is 28.6. The van der Waals surface area contributed by atoms with E-state index in [1.807, 2.05) is 24.3 Å². The lowest BCUT2D eigenvalue weighted by atomic mass is 10.2. The van der Waals surface area contributed by atoms with E-state index in [-0.39, 0.29) is 18.4 Å². The number of amides is 2. The van der Waals surface area contributed by atoms with Crippen LogP contribution in [0, 0.1) is 5.82 Å². The van der Waals surface area contributed by atoms with Crippen molar-refractivity contribution in [2.45, 2.75) is 13.0 Å². The van der Waals surface area contributed by atoms with Gasteiger partial charge in [-0.2, -0.15) is 0 Å². The number of anilines is 3. The fourth-order valence-corrected chi connectivity index (χ4v) is 3.15. The number of likely N-dealkylation sites (N-methyl/N-ethyl adjacent to an activating group) is 1. The van der Waals surface area contributed by atoms with Gasteiger partial charge in [0.15, 0.2) is 0 Å².